The molecule has 1 N–H and O–H groups in total. The van der Waals surface area contributed by atoms with Crippen LogP contribution < -0.4 is 10.1 Å². The van der Waals surface area contributed by atoms with E-state index in [-0.39, 0.29) is 0 Å². The fourth-order valence-electron chi connectivity index (χ4n) is 2.09. The third kappa shape index (κ3) is 3.66. The van der Waals surface area contributed by atoms with E-state index < -0.39 is 35.2 Å². The Morgan fingerprint density at radius 2 is 1.85 bits per heavy atom. The molecule has 1 heterocycles. The minimum Gasteiger partial charge on any atom is -0.481 e. The number of rotatable bonds is 5. The highest BCUT2D eigenvalue weighted by Crippen LogP contribution is 2.22. The summed E-state index contributed by atoms with van der Waals surface area (Å²) in [7, 11) is 0. The Morgan fingerprint density at radius 1 is 1.12 bits per heavy atom. The lowest BCUT2D eigenvalue weighted by atomic mass is 10.2. The minimum absolute atomic E-state index is 0.330. The number of halogens is 3. The van der Waals surface area contributed by atoms with Gasteiger partial charge < -0.3 is 14.5 Å². The lowest BCUT2D eigenvalue weighted by Gasteiger charge is -2.15. The summed E-state index contributed by atoms with van der Waals surface area (Å²) in [6.45, 7) is 1.43. The second-order valence-electron chi connectivity index (χ2n) is 5.24. The molecule has 1 amide bonds. The Balaban J connectivity index is 1.65. The number of carbonyl (C=O) groups excluding carboxylic acids is 1. The maximum atomic E-state index is 13.6. The van der Waals surface area contributed by atoms with Crippen molar-refractivity contribution >= 4 is 11.6 Å². The summed E-state index contributed by atoms with van der Waals surface area (Å²) >= 11 is 0. The smallest absolute Gasteiger partial charge is 0.265 e. The molecule has 0 radical (unpaired) electrons. The van der Waals surface area contributed by atoms with Crippen LogP contribution in [0.2, 0.25) is 0 Å². The van der Waals surface area contributed by atoms with Crippen LogP contribution in [0.5, 0.6) is 5.75 Å². The van der Waals surface area contributed by atoms with Crippen LogP contribution in [0.3, 0.4) is 0 Å². The molecule has 0 saturated carbocycles. The lowest BCUT2D eigenvalue weighted by Crippen LogP contribution is -2.30. The molecule has 0 spiro atoms. The Labute approximate surface area is 145 Å². The van der Waals surface area contributed by atoms with Gasteiger partial charge in [-0.2, -0.15) is 0 Å². The number of hydrogen-bond acceptors (Lipinski definition) is 5. The monoisotopic (exact) mass is 363 g/mol. The van der Waals surface area contributed by atoms with Crippen molar-refractivity contribution in [3.05, 3.63) is 60.2 Å². The van der Waals surface area contributed by atoms with Gasteiger partial charge in [0.15, 0.2) is 23.6 Å². The van der Waals surface area contributed by atoms with Gasteiger partial charge >= 0.3 is 0 Å². The van der Waals surface area contributed by atoms with E-state index in [1.165, 1.54) is 13.3 Å². The normalized spacial score (nSPS) is 11.8. The third-order valence-corrected chi connectivity index (χ3v) is 3.44. The van der Waals surface area contributed by atoms with Crippen LogP contribution in [0.15, 0.2) is 47.2 Å². The third-order valence-electron chi connectivity index (χ3n) is 3.44. The predicted molar refractivity (Wildman–Crippen MR) is 84.8 cm³/mol. The van der Waals surface area contributed by atoms with E-state index in [2.05, 4.69) is 15.5 Å². The number of benzene rings is 2. The topological polar surface area (TPSA) is 77.2 Å². The second-order valence-corrected chi connectivity index (χ2v) is 5.24. The van der Waals surface area contributed by atoms with E-state index in [0.717, 1.165) is 12.1 Å². The van der Waals surface area contributed by atoms with Crippen LogP contribution in [-0.4, -0.2) is 22.2 Å². The molecular formula is C17H12F3N3O3. The van der Waals surface area contributed by atoms with Gasteiger partial charge in [-0.05, 0) is 43.3 Å². The largest absolute Gasteiger partial charge is 0.481 e. The quantitative estimate of drug-likeness (QED) is 0.702. The number of anilines is 1. The number of nitrogens with zero attached hydrogens (tertiary/aromatic N) is 2. The standard InChI is InChI=1S/C17H12F3N3O3/c1-9(16(24)22-13-7-6-12(18)14(19)15(13)20)26-11-4-2-10(3-5-11)17-23-21-8-25-17/h2-9H,1H3,(H,22,24)/t9-/m1/s1. The number of hydrogen-bond donors (Lipinski definition) is 1. The van der Waals surface area contributed by atoms with E-state index in [1.807, 2.05) is 0 Å². The summed E-state index contributed by atoms with van der Waals surface area (Å²) in [4.78, 5) is 12.1. The Morgan fingerprint density at radius 3 is 2.50 bits per heavy atom. The Bertz CT molecular complexity index is 915. The summed E-state index contributed by atoms with van der Waals surface area (Å²) in [5.41, 5.74) is 0.187. The molecule has 0 unspecified atom stereocenters. The van der Waals surface area contributed by atoms with E-state index in [0.29, 0.717) is 17.2 Å². The zero-order valence-electron chi connectivity index (χ0n) is 13.4. The minimum atomic E-state index is -1.66. The summed E-state index contributed by atoms with van der Waals surface area (Å²) in [5.74, 6) is -4.51. The summed E-state index contributed by atoms with van der Waals surface area (Å²) in [6.07, 6.45) is 0.181. The van der Waals surface area contributed by atoms with Crippen LogP contribution in [0, 0.1) is 17.5 Å². The first-order valence-corrected chi connectivity index (χ1v) is 7.43. The summed E-state index contributed by atoms with van der Waals surface area (Å²) in [6, 6.07) is 8.13. The highest BCUT2D eigenvalue weighted by molar-refractivity contribution is 5.94. The van der Waals surface area contributed by atoms with E-state index in [4.69, 9.17) is 9.15 Å². The molecule has 134 valence electrons. The molecule has 26 heavy (non-hydrogen) atoms. The maximum Gasteiger partial charge on any atom is 0.265 e. The van der Waals surface area contributed by atoms with Crippen molar-refractivity contribution in [3.63, 3.8) is 0 Å². The van der Waals surface area contributed by atoms with Crippen LogP contribution in [-0.2, 0) is 4.79 Å². The molecule has 0 bridgehead atoms. The van der Waals surface area contributed by atoms with E-state index >= 15 is 0 Å². The zero-order valence-corrected chi connectivity index (χ0v) is 13.4. The first-order chi connectivity index (χ1) is 12.5. The average Bonchev–Trinajstić information content (AvgIpc) is 3.17. The summed E-state index contributed by atoms with van der Waals surface area (Å²) < 4.78 is 50.2. The van der Waals surface area contributed by atoms with Gasteiger partial charge in [-0.15, -0.1) is 10.2 Å². The molecule has 9 heteroatoms. The zero-order chi connectivity index (χ0) is 18.7. The van der Waals surface area contributed by atoms with Crippen molar-refractivity contribution in [3.8, 4) is 17.2 Å². The fourth-order valence-corrected chi connectivity index (χ4v) is 2.09. The highest BCUT2D eigenvalue weighted by Gasteiger charge is 2.19. The molecular weight excluding hydrogens is 351 g/mol. The molecule has 3 aromatic rings. The Kier molecular flexibility index (Phi) is 4.87. The highest BCUT2D eigenvalue weighted by atomic mass is 19.2. The molecule has 0 saturated heterocycles. The van der Waals surface area contributed by atoms with E-state index in [9.17, 15) is 18.0 Å². The van der Waals surface area contributed by atoms with Crippen LogP contribution >= 0.6 is 0 Å². The number of amides is 1. The lowest BCUT2D eigenvalue weighted by molar-refractivity contribution is -0.122. The SMILES string of the molecule is C[C@@H](Oc1ccc(-c2nnco2)cc1)C(=O)Nc1ccc(F)c(F)c1F. The molecule has 3 rings (SSSR count). The van der Waals surface area contributed by atoms with Crippen LogP contribution in [0.25, 0.3) is 11.5 Å². The number of aromatic nitrogens is 2. The molecule has 0 aliphatic heterocycles. The van der Waals surface area contributed by atoms with Gasteiger partial charge in [0.1, 0.15) is 5.75 Å². The van der Waals surface area contributed by atoms with Crippen molar-refractivity contribution in [1.29, 1.82) is 0 Å². The first kappa shape index (κ1) is 17.5. The van der Waals surface area contributed by atoms with Gasteiger partial charge in [-0.1, -0.05) is 0 Å². The molecule has 6 nitrogen and oxygen atoms in total. The molecule has 0 fully saturated rings. The van der Waals surface area contributed by atoms with Crippen molar-refractivity contribution in [2.75, 3.05) is 5.32 Å². The molecule has 2 aromatic carbocycles. The van der Waals surface area contributed by atoms with Gasteiger partial charge in [-0.3, -0.25) is 4.79 Å². The molecule has 1 atom stereocenters. The average molecular weight is 363 g/mol. The number of carbonyl (C=O) groups is 1. The molecule has 0 aliphatic rings. The number of nitrogens with one attached hydrogen (secondary N) is 1. The summed E-state index contributed by atoms with van der Waals surface area (Å²) in [5, 5.41) is 9.48. The molecule has 1 aromatic heterocycles. The molecule has 0 aliphatic carbocycles. The van der Waals surface area contributed by atoms with Gasteiger partial charge in [0.05, 0.1) is 5.69 Å². The number of ether oxygens (including phenoxy) is 1. The maximum absolute atomic E-state index is 13.6. The van der Waals surface area contributed by atoms with Gasteiger partial charge in [-0.25, -0.2) is 13.2 Å². The van der Waals surface area contributed by atoms with Crippen LogP contribution in [0.4, 0.5) is 18.9 Å². The van der Waals surface area contributed by atoms with Crippen molar-refractivity contribution in [2.45, 2.75) is 13.0 Å². The predicted octanol–water partition coefficient (Wildman–Crippen LogP) is 3.56. The van der Waals surface area contributed by atoms with Gasteiger partial charge in [0.25, 0.3) is 5.91 Å². The second kappa shape index (κ2) is 7.26. The fraction of sp³-hybridized carbons (Fsp3) is 0.118. The van der Waals surface area contributed by atoms with Crippen LogP contribution in [0.1, 0.15) is 6.92 Å². The first-order valence-electron chi connectivity index (χ1n) is 7.43. The van der Waals surface area contributed by atoms with Crippen molar-refractivity contribution in [1.82, 2.24) is 10.2 Å². The van der Waals surface area contributed by atoms with Gasteiger partial charge in [0, 0.05) is 5.56 Å². The van der Waals surface area contributed by atoms with E-state index in [1.54, 1.807) is 24.3 Å². The van der Waals surface area contributed by atoms with Crippen molar-refractivity contribution < 1.29 is 27.1 Å². The van der Waals surface area contributed by atoms with Crippen molar-refractivity contribution in [2.24, 2.45) is 0 Å². The van der Waals surface area contributed by atoms with Gasteiger partial charge in [0.2, 0.25) is 12.3 Å². The Hall–Kier alpha value is -3.36.